The molecule has 5 nitrogen and oxygen atoms in total. The molecular formula is C43H74O5Si2. The average Bonchev–Trinajstić information content (AvgIpc) is 3.34. The van der Waals surface area contributed by atoms with E-state index in [1.807, 2.05) is 0 Å². The van der Waals surface area contributed by atoms with Gasteiger partial charge in [-0.15, -0.1) is 0 Å². The summed E-state index contributed by atoms with van der Waals surface area (Å²) in [6.07, 6.45) is 21.6. The lowest BCUT2D eigenvalue weighted by atomic mass is 9.63. The number of carbonyl (C=O) groups excluding carboxylic acids is 1. The summed E-state index contributed by atoms with van der Waals surface area (Å²) in [7, 11) is -3.98. The van der Waals surface area contributed by atoms with Gasteiger partial charge in [0.25, 0.3) is 0 Å². The number of hydrogen-bond acceptors (Lipinski definition) is 5. The summed E-state index contributed by atoms with van der Waals surface area (Å²) in [5.74, 6) is 0.240. The number of hydrogen-bond donors (Lipinski definition) is 0. The smallest absolute Gasteiger partial charge is 0.332 e. The quantitative estimate of drug-likeness (QED) is 0.127. The van der Waals surface area contributed by atoms with Crippen molar-refractivity contribution in [1.29, 1.82) is 0 Å². The molecule has 5 atom stereocenters. The Kier molecular flexibility index (Phi) is 13.6. The third-order valence-corrected chi connectivity index (χ3v) is 22.6. The van der Waals surface area contributed by atoms with Gasteiger partial charge in [-0.1, -0.05) is 98.1 Å². The highest BCUT2D eigenvalue weighted by molar-refractivity contribution is 6.74. The highest BCUT2D eigenvalue weighted by Crippen LogP contribution is 2.56. The van der Waals surface area contributed by atoms with Gasteiger partial charge in [-0.25, -0.2) is 4.79 Å². The van der Waals surface area contributed by atoms with Gasteiger partial charge >= 0.3 is 5.97 Å². The van der Waals surface area contributed by atoms with Crippen molar-refractivity contribution in [3.8, 4) is 0 Å². The van der Waals surface area contributed by atoms with Crippen LogP contribution < -0.4 is 0 Å². The third kappa shape index (κ3) is 10.0. The predicted octanol–water partition coefficient (Wildman–Crippen LogP) is 12.2. The molecule has 3 saturated carbocycles. The van der Waals surface area contributed by atoms with E-state index in [4.69, 9.17) is 18.3 Å². The Bertz CT molecular complexity index is 1290. The van der Waals surface area contributed by atoms with Crippen LogP contribution in [0.3, 0.4) is 0 Å². The molecule has 0 radical (unpaired) electrons. The molecule has 4 aliphatic carbocycles. The summed E-state index contributed by atoms with van der Waals surface area (Å²) in [6, 6.07) is 0. The van der Waals surface area contributed by atoms with Gasteiger partial charge in [0.2, 0.25) is 0 Å². The zero-order chi connectivity index (χ0) is 37.1. The predicted molar refractivity (Wildman–Crippen MR) is 214 cm³/mol. The van der Waals surface area contributed by atoms with Crippen molar-refractivity contribution in [2.75, 3.05) is 6.61 Å². The molecule has 0 aromatic heterocycles. The molecule has 0 unspecified atom stereocenters. The molecule has 3 fully saturated rings. The van der Waals surface area contributed by atoms with Crippen LogP contribution in [0.1, 0.15) is 139 Å². The van der Waals surface area contributed by atoms with Gasteiger partial charge in [0.05, 0.1) is 18.3 Å². The molecule has 4 rings (SSSR count). The maximum Gasteiger partial charge on any atom is 0.332 e. The lowest BCUT2D eigenvalue weighted by Crippen LogP contribution is -2.49. The van der Waals surface area contributed by atoms with Crippen molar-refractivity contribution in [3.05, 3.63) is 47.1 Å². The zero-order valence-electron chi connectivity index (χ0n) is 34.3. The van der Waals surface area contributed by atoms with E-state index >= 15 is 0 Å². The van der Waals surface area contributed by atoms with Gasteiger partial charge in [-0.3, -0.25) is 0 Å². The van der Waals surface area contributed by atoms with E-state index in [0.717, 1.165) is 69.8 Å². The minimum Gasteiger partial charge on any atom is -0.461 e. The summed E-state index contributed by atoms with van der Waals surface area (Å²) < 4.78 is 26.3. The summed E-state index contributed by atoms with van der Waals surface area (Å²) in [4.78, 5) is 12.8. The number of ether oxygens (including phenoxy) is 2. The largest absolute Gasteiger partial charge is 0.461 e. The summed E-state index contributed by atoms with van der Waals surface area (Å²) >= 11 is 0. The van der Waals surface area contributed by atoms with Gasteiger partial charge in [0.15, 0.2) is 16.6 Å². The summed E-state index contributed by atoms with van der Waals surface area (Å²) in [6.45, 7) is 32.6. The van der Waals surface area contributed by atoms with Crippen LogP contribution in [0.25, 0.3) is 0 Å². The highest BCUT2D eigenvalue weighted by Gasteiger charge is 2.47. The van der Waals surface area contributed by atoms with Crippen LogP contribution >= 0.6 is 0 Å². The average molecular weight is 727 g/mol. The number of rotatable bonds is 10. The number of allylic oxidation sites excluding steroid dienone is 4. The molecule has 0 saturated heterocycles. The Balaban J connectivity index is 1.48. The zero-order valence-corrected chi connectivity index (χ0v) is 36.3. The first-order valence-corrected chi connectivity index (χ1v) is 25.9. The minimum absolute atomic E-state index is 0.0165. The molecule has 0 aromatic carbocycles. The molecule has 0 bridgehead atoms. The first kappa shape index (κ1) is 41.5. The normalized spacial score (nSPS) is 30.1. The van der Waals surface area contributed by atoms with Gasteiger partial charge < -0.3 is 18.3 Å². The van der Waals surface area contributed by atoms with Crippen LogP contribution in [0.2, 0.25) is 36.3 Å². The van der Waals surface area contributed by atoms with Crippen molar-refractivity contribution < 1.29 is 23.1 Å². The topological polar surface area (TPSA) is 54.0 Å². The fourth-order valence-electron chi connectivity index (χ4n) is 8.29. The second kappa shape index (κ2) is 16.4. The molecule has 0 spiro atoms. The van der Waals surface area contributed by atoms with E-state index in [-0.39, 0.29) is 52.5 Å². The third-order valence-electron chi connectivity index (χ3n) is 13.6. The maximum absolute atomic E-state index is 12.8. The standard InChI is InChI=1S/C43H74O5Si2/c1-31-34(28-36(47-49(10,11)41(3,4)5)29-39(31)48-50(12,13)42(6,7)8)24-23-33-20-19-27-43(9)37(25-26-38(33)43)32(2)45-30-40(44)46-35-21-17-15-14-16-18-22-35/h23-25,32,35-36,38-39H,1,14-22,26-30H2,2-13H3/t32-,36+,38-,39-,43+/m0/s1. The first-order chi connectivity index (χ1) is 23.1. The van der Waals surface area contributed by atoms with E-state index in [2.05, 4.69) is 106 Å². The van der Waals surface area contributed by atoms with Gasteiger partial charge in [0.1, 0.15) is 12.7 Å². The number of fused-ring (bicyclic) bond motifs is 1. The maximum atomic E-state index is 12.8. The Morgan fingerprint density at radius 2 is 1.52 bits per heavy atom. The van der Waals surface area contributed by atoms with Gasteiger partial charge in [0, 0.05) is 6.42 Å². The molecule has 0 aromatic rings. The minimum atomic E-state index is -2.01. The second-order valence-corrected chi connectivity index (χ2v) is 28.9. The Hall–Kier alpha value is -1.26. The van der Waals surface area contributed by atoms with Gasteiger partial charge in [-0.2, -0.15) is 0 Å². The fraction of sp³-hybridized carbons (Fsp3) is 0.791. The van der Waals surface area contributed by atoms with Crippen LogP contribution in [-0.2, 0) is 23.1 Å². The van der Waals surface area contributed by atoms with Crippen molar-refractivity contribution in [2.24, 2.45) is 11.3 Å². The van der Waals surface area contributed by atoms with Crippen LogP contribution in [0.4, 0.5) is 0 Å². The molecule has 0 heterocycles. The van der Waals surface area contributed by atoms with Crippen molar-refractivity contribution in [1.82, 2.24) is 0 Å². The highest BCUT2D eigenvalue weighted by atomic mass is 28.4. The fourth-order valence-corrected chi connectivity index (χ4v) is 11.0. The van der Waals surface area contributed by atoms with E-state index in [0.29, 0.717) is 5.92 Å². The first-order valence-electron chi connectivity index (χ1n) is 20.1. The molecule has 50 heavy (non-hydrogen) atoms. The second-order valence-electron chi connectivity index (χ2n) is 19.4. The molecular weight excluding hydrogens is 653 g/mol. The molecule has 0 amide bonds. The molecule has 7 heteroatoms. The molecule has 4 aliphatic rings. The van der Waals surface area contributed by atoms with Crippen molar-refractivity contribution in [2.45, 2.75) is 200 Å². The molecule has 284 valence electrons. The summed E-state index contributed by atoms with van der Waals surface area (Å²) in [5, 5.41) is 0.278. The van der Waals surface area contributed by atoms with E-state index in [1.165, 1.54) is 36.0 Å². The van der Waals surface area contributed by atoms with Crippen LogP contribution in [0, 0.1) is 11.3 Å². The number of carbonyl (C=O) groups is 1. The molecule has 0 N–H and O–H groups in total. The van der Waals surface area contributed by atoms with E-state index in [9.17, 15) is 4.79 Å². The lowest BCUT2D eigenvalue weighted by Gasteiger charge is -2.45. The summed E-state index contributed by atoms with van der Waals surface area (Å²) in [5.41, 5.74) is 5.34. The van der Waals surface area contributed by atoms with Crippen molar-refractivity contribution in [3.63, 3.8) is 0 Å². The van der Waals surface area contributed by atoms with Crippen LogP contribution in [0.5, 0.6) is 0 Å². The van der Waals surface area contributed by atoms with E-state index < -0.39 is 16.6 Å². The van der Waals surface area contributed by atoms with Crippen molar-refractivity contribution >= 4 is 22.6 Å². The van der Waals surface area contributed by atoms with Crippen LogP contribution in [0.15, 0.2) is 47.1 Å². The Labute approximate surface area is 309 Å². The number of esters is 1. The molecule has 0 aliphatic heterocycles. The van der Waals surface area contributed by atoms with Gasteiger partial charge in [-0.05, 0) is 129 Å². The Morgan fingerprint density at radius 1 is 0.920 bits per heavy atom. The SMILES string of the molecule is C=C1C(=CC=C2CCC[C@]3(C)C([C@H](C)OCC(=O)OC4CCCCCCC4)=CC[C@@H]23)C[C@@H](O[Si](C)(C)C(C)(C)C)C[C@@H]1O[Si](C)(C)C(C)(C)C. The Morgan fingerprint density at radius 3 is 2.14 bits per heavy atom. The van der Waals surface area contributed by atoms with Crippen LogP contribution in [-0.4, -0.2) is 53.6 Å². The monoisotopic (exact) mass is 727 g/mol. The van der Waals surface area contributed by atoms with E-state index in [1.54, 1.807) is 0 Å². The lowest BCUT2D eigenvalue weighted by molar-refractivity contribution is -0.156.